The largest absolute Gasteiger partial charge is 0.451 e. The number of alkyl halides is 3. The normalized spacial score (nSPS) is 11.8. The van der Waals surface area contributed by atoms with Crippen LogP contribution in [0.15, 0.2) is 6.20 Å². The fraction of sp³-hybridized carbons (Fsp3) is 0.200. The van der Waals surface area contributed by atoms with E-state index in [0.29, 0.717) is 3.57 Å². The Balaban J connectivity index is 3.14. The van der Waals surface area contributed by atoms with Gasteiger partial charge in [-0.3, -0.25) is 0 Å². The predicted octanol–water partition coefficient (Wildman–Crippen LogP) is 2.75. The summed E-state index contributed by atoms with van der Waals surface area (Å²) in [5, 5.41) is -0.182. The quantitative estimate of drug-likeness (QED) is 0.544. The fourth-order valence-corrected chi connectivity index (χ4v) is 0.872. The maximum atomic E-state index is 11.9. The van der Waals surface area contributed by atoms with Crippen LogP contribution >= 0.6 is 34.2 Å². The van der Waals surface area contributed by atoms with Crippen LogP contribution in [0.5, 0.6) is 0 Å². The average molecular weight is 308 g/mol. The maximum absolute atomic E-state index is 11.9. The van der Waals surface area contributed by atoms with Crippen LogP contribution in [0.1, 0.15) is 5.82 Å². The zero-order valence-electron chi connectivity index (χ0n) is 5.36. The first kappa shape index (κ1) is 9.97. The summed E-state index contributed by atoms with van der Waals surface area (Å²) in [6.07, 6.45) is -3.51. The number of halogens is 5. The van der Waals surface area contributed by atoms with Crippen molar-refractivity contribution < 1.29 is 13.2 Å². The van der Waals surface area contributed by atoms with Crippen molar-refractivity contribution in [2.75, 3.05) is 0 Å². The van der Waals surface area contributed by atoms with Crippen LogP contribution < -0.4 is 0 Å². The van der Waals surface area contributed by atoms with Crippen LogP contribution in [-0.4, -0.2) is 9.97 Å². The summed E-state index contributed by atoms with van der Waals surface area (Å²) < 4.78 is 36.1. The molecule has 0 fully saturated rings. The summed E-state index contributed by atoms with van der Waals surface area (Å²) in [6, 6.07) is 0. The van der Waals surface area contributed by atoms with Crippen molar-refractivity contribution in [1.29, 1.82) is 0 Å². The Kier molecular flexibility index (Phi) is 2.77. The van der Waals surface area contributed by atoms with Crippen molar-refractivity contribution in [3.8, 4) is 0 Å². The van der Waals surface area contributed by atoms with Gasteiger partial charge < -0.3 is 0 Å². The topological polar surface area (TPSA) is 25.8 Å². The van der Waals surface area contributed by atoms with Gasteiger partial charge in [0.15, 0.2) is 0 Å². The Labute approximate surface area is 84.3 Å². The molecule has 0 saturated carbocycles. The minimum absolute atomic E-state index is 0.182. The van der Waals surface area contributed by atoms with Gasteiger partial charge in [-0.05, 0) is 22.6 Å². The lowest BCUT2D eigenvalue weighted by Gasteiger charge is -2.04. The molecule has 0 saturated heterocycles. The number of rotatable bonds is 0. The first-order valence-corrected chi connectivity index (χ1v) is 4.12. The molecule has 0 atom stereocenters. The number of hydrogen-bond acceptors (Lipinski definition) is 2. The van der Waals surface area contributed by atoms with Crippen LogP contribution in [-0.2, 0) is 6.18 Å². The van der Waals surface area contributed by atoms with E-state index in [2.05, 4.69) is 9.97 Å². The molecule has 1 aromatic heterocycles. The Morgan fingerprint density at radius 2 is 2.00 bits per heavy atom. The van der Waals surface area contributed by atoms with Gasteiger partial charge in [-0.1, -0.05) is 11.6 Å². The molecule has 0 amide bonds. The summed E-state index contributed by atoms with van der Waals surface area (Å²) in [4.78, 5) is 6.15. The van der Waals surface area contributed by atoms with E-state index in [9.17, 15) is 13.2 Å². The van der Waals surface area contributed by atoms with Gasteiger partial charge in [0.2, 0.25) is 5.82 Å². The highest BCUT2D eigenvalue weighted by Gasteiger charge is 2.34. The van der Waals surface area contributed by atoms with E-state index in [1.54, 1.807) is 22.6 Å². The summed E-state index contributed by atoms with van der Waals surface area (Å²) >= 11 is 7.11. The van der Waals surface area contributed by atoms with Crippen LogP contribution in [0, 0.1) is 3.57 Å². The molecule has 0 aliphatic carbocycles. The fourth-order valence-electron chi connectivity index (χ4n) is 0.483. The van der Waals surface area contributed by atoms with E-state index in [1.807, 2.05) is 0 Å². The minimum atomic E-state index is -4.53. The van der Waals surface area contributed by atoms with Crippen LogP contribution in [0.25, 0.3) is 0 Å². The smallest absolute Gasteiger partial charge is 0.232 e. The minimum Gasteiger partial charge on any atom is -0.232 e. The predicted molar refractivity (Wildman–Crippen MR) is 44.8 cm³/mol. The van der Waals surface area contributed by atoms with Crippen molar-refractivity contribution in [3.05, 3.63) is 20.7 Å². The van der Waals surface area contributed by atoms with Gasteiger partial charge in [-0.15, -0.1) is 0 Å². The maximum Gasteiger partial charge on any atom is 0.451 e. The van der Waals surface area contributed by atoms with Crippen LogP contribution in [0.2, 0.25) is 5.15 Å². The van der Waals surface area contributed by atoms with Crippen molar-refractivity contribution in [2.24, 2.45) is 0 Å². The molecule has 7 heteroatoms. The summed E-state index contributed by atoms with van der Waals surface area (Å²) in [7, 11) is 0. The Morgan fingerprint density at radius 3 is 2.42 bits per heavy atom. The molecule has 2 nitrogen and oxygen atoms in total. The van der Waals surface area contributed by atoms with Gasteiger partial charge >= 0.3 is 6.18 Å². The lowest BCUT2D eigenvalue weighted by atomic mass is 10.5. The molecule has 1 aromatic rings. The summed E-state index contributed by atoms with van der Waals surface area (Å²) in [6.45, 7) is 0. The first-order valence-electron chi connectivity index (χ1n) is 2.66. The standard InChI is InChI=1S/C5HClF3IN2/c6-3-2(10)1-11-4(12-3)5(7,8)9/h1H. The Hall–Kier alpha value is -0.110. The second-order valence-corrected chi connectivity index (χ2v) is 3.35. The van der Waals surface area contributed by atoms with Gasteiger partial charge in [0.25, 0.3) is 0 Å². The molecule has 0 aromatic carbocycles. The van der Waals surface area contributed by atoms with Crippen molar-refractivity contribution >= 4 is 34.2 Å². The number of nitrogens with zero attached hydrogens (tertiary/aromatic N) is 2. The first-order chi connectivity index (χ1) is 5.41. The zero-order chi connectivity index (χ0) is 9.35. The van der Waals surface area contributed by atoms with Gasteiger partial charge in [-0.2, -0.15) is 13.2 Å². The highest BCUT2D eigenvalue weighted by molar-refractivity contribution is 14.1. The van der Waals surface area contributed by atoms with E-state index < -0.39 is 12.0 Å². The molecule has 0 N–H and O–H groups in total. The molecule has 0 bridgehead atoms. The number of aromatic nitrogens is 2. The van der Waals surface area contributed by atoms with Gasteiger partial charge in [0.05, 0.1) is 3.57 Å². The lowest BCUT2D eigenvalue weighted by molar-refractivity contribution is -0.145. The lowest BCUT2D eigenvalue weighted by Crippen LogP contribution is -2.11. The highest BCUT2D eigenvalue weighted by Crippen LogP contribution is 2.27. The zero-order valence-corrected chi connectivity index (χ0v) is 8.28. The van der Waals surface area contributed by atoms with E-state index in [-0.39, 0.29) is 5.15 Å². The molecule has 12 heavy (non-hydrogen) atoms. The van der Waals surface area contributed by atoms with Crippen molar-refractivity contribution in [2.45, 2.75) is 6.18 Å². The molecule has 0 spiro atoms. The van der Waals surface area contributed by atoms with Crippen molar-refractivity contribution in [1.82, 2.24) is 9.97 Å². The third-order valence-electron chi connectivity index (χ3n) is 0.955. The SMILES string of the molecule is FC(F)(F)c1ncc(I)c(Cl)n1. The van der Waals surface area contributed by atoms with Crippen molar-refractivity contribution in [3.63, 3.8) is 0 Å². The molecule has 0 aliphatic heterocycles. The van der Waals surface area contributed by atoms with Gasteiger partial charge in [0.1, 0.15) is 5.15 Å². The average Bonchev–Trinajstić information content (AvgIpc) is 1.92. The monoisotopic (exact) mass is 308 g/mol. The third-order valence-corrected chi connectivity index (χ3v) is 2.35. The highest BCUT2D eigenvalue weighted by atomic mass is 127. The molecule has 0 unspecified atom stereocenters. The molecular formula is C5HClF3IN2. The summed E-state index contributed by atoms with van der Waals surface area (Å²) in [5.74, 6) is -1.21. The summed E-state index contributed by atoms with van der Waals surface area (Å²) in [5.41, 5.74) is 0. The second kappa shape index (κ2) is 3.33. The second-order valence-electron chi connectivity index (χ2n) is 1.83. The number of hydrogen-bond donors (Lipinski definition) is 0. The van der Waals surface area contributed by atoms with Crippen LogP contribution in [0.3, 0.4) is 0 Å². The van der Waals surface area contributed by atoms with E-state index in [4.69, 9.17) is 11.6 Å². The molecule has 0 aliphatic rings. The molecule has 66 valence electrons. The van der Waals surface area contributed by atoms with E-state index in [0.717, 1.165) is 6.20 Å². The third kappa shape index (κ3) is 2.19. The molecule has 0 radical (unpaired) electrons. The van der Waals surface area contributed by atoms with Gasteiger partial charge in [0, 0.05) is 6.20 Å². The Bertz CT molecular complexity index is 301. The molecule has 1 heterocycles. The van der Waals surface area contributed by atoms with Gasteiger partial charge in [-0.25, -0.2) is 9.97 Å². The molecule has 1 rings (SSSR count). The van der Waals surface area contributed by atoms with E-state index >= 15 is 0 Å². The van der Waals surface area contributed by atoms with Crippen LogP contribution in [0.4, 0.5) is 13.2 Å². The van der Waals surface area contributed by atoms with E-state index in [1.165, 1.54) is 0 Å². The molecular weight excluding hydrogens is 307 g/mol. The Morgan fingerprint density at radius 1 is 1.42 bits per heavy atom.